The minimum atomic E-state index is -4.99. The van der Waals surface area contributed by atoms with Gasteiger partial charge in [-0.25, -0.2) is 8.42 Å². The van der Waals surface area contributed by atoms with Crippen LogP contribution in [0, 0.1) is 0 Å². The third kappa shape index (κ3) is 14.7. The Kier molecular flexibility index (Phi) is 17.9. The molecule has 0 fully saturated rings. The summed E-state index contributed by atoms with van der Waals surface area (Å²) in [5, 5.41) is -2.06. The molecule has 0 bridgehead atoms. The number of hydrogen-bond acceptors (Lipinski definition) is 7. The van der Waals surface area contributed by atoms with Gasteiger partial charge in [-0.3, -0.25) is 9.59 Å². The molecule has 0 aromatic rings. The maximum absolute atomic E-state index is 11.8. The van der Waals surface area contributed by atoms with Gasteiger partial charge < -0.3 is 14.0 Å². The van der Waals surface area contributed by atoms with Gasteiger partial charge in [0.05, 0.1) is 13.0 Å². The molecule has 0 aliphatic rings. The second kappa shape index (κ2) is 16.7. The molecule has 0 aliphatic carbocycles. The molecule has 0 aliphatic heterocycles. The number of hydrogen-bond donors (Lipinski definition) is 0. The van der Waals surface area contributed by atoms with E-state index in [0.717, 1.165) is 19.3 Å². The van der Waals surface area contributed by atoms with Crippen molar-refractivity contribution in [3.8, 4) is 0 Å². The monoisotopic (exact) mass is 400 g/mol. The first-order chi connectivity index (χ1) is 11.8. The van der Waals surface area contributed by atoms with Gasteiger partial charge in [0.15, 0.2) is 5.25 Å². The Balaban J connectivity index is 0. The van der Waals surface area contributed by atoms with Gasteiger partial charge in [0, 0.05) is 0 Å². The van der Waals surface area contributed by atoms with Gasteiger partial charge >= 0.3 is 41.5 Å². The van der Waals surface area contributed by atoms with Crippen LogP contribution in [0.5, 0.6) is 0 Å². The average Bonchev–Trinajstić information content (AvgIpc) is 2.54. The number of unbranched alkanes of at least 4 members (excludes halogenated alkanes) is 6. The molecule has 0 amide bonds. The Hall–Kier alpha value is -0.410. The van der Waals surface area contributed by atoms with E-state index in [-0.39, 0.29) is 42.8 Å². The van der Waals surface area contributed by atoms with Gasteiger partial charge in [-0.05, 0) is 13.3 Å². The summed E-state index contributed by atoms with van der Waals surface area (Å²) in [7, 11) is -4.99. The third-order valence-electron chi connectivity index (χ3n) is 3.53. The number of carbonyl (C=O) groups is 2. The second-order valence-corrected chi connectivity index (χ2v) is 7.28. The number of allylic oxidation sites excluding steroid dienone is 1. The fraction of sp³-hybridized carbons (Fsp3) is 0.765. The Bertz CT molecular complexity index is 517. The zero-order valence-corrected chi connectivity index (χ0v) is 18.9. The predicted molar refractivity (Wildman–Crippen MR) is 92.8 cm³/mol. The van der Waals surface area contributed by atoms with E-state index in [2.05, 4.69) is 6.92 Å². The van der Waals surface area contributed by atoms with Gasteiger partial charge in [0.25, 0.3) is 0 Å². The average molecular weight is 400 g/mol. The molecule has 7 nitrogen and oxygen atoms in total. The van der Waals surface area contributed by atoms with E-state index in [1.54, 1.807) is 13.0 Å². The summed E-state index contributed by atoms with van der Waals surface area (Å²) in [6.07, 6.45) is 9.45. The summed E-state index contributed by atoms with van der Waals surface area (Å²) in [4.78, 5) is 23.3. The molecular weight excluding hydrogens is 371 g/mol. The van der Waals surface area contributed by atoms with Crippen LogP contribution in [-0.4, -0.2) is 43.4 Å². The van der Waals surface area contributed by atoms with E-state index in [0.29, 0.717) is 6.42 Å². The number of rotatable bonds is 14. The van der Waals surface area contributed by atoms with E-state index in [9.17, 15) is 22.6 Å². The van der Waals surface area contributed by atoms with E-state index in [1.165, 1.54) is 25.3 Å². The van der Waals surface area contributed by atoms with Crippen molar-refractivity contribution >= 4 is 22.1 Å². The van der Waals surface area contributed by atoms with Crippen LogP contribution in [-0.2, 0) is 29.2 Å². The van der Waals surface area contributed by atoms with Crippen LogP contribution in [0.25, 0.3) is 0 Å². The summed E-state index contributed by atoms with van der Waals surface area (Å²) < 4.78 is 43.1. The van der Waals surface area contributed by atoms with Gasteiger partial charge in [0.1, 0.15) is 16.7 Å². The normalized spacial score (nSPS) is 12.4. The molecule has 0 saturated carbocycles. The maximum Gasteiger partial charge on any atom is 1.00 e. The first-order valence-electron chi connectivity index (χ1n) is 8.71. The summed E-state index contributed by atoms with van der Waals surface area (Å²) in [6, 6.07) is 0. The summed E-state index contributed by atoms with van der Waals surface area (Å²) in [5.41, 5.74) is 0. The zero-order valence-electron chi connectivity index (χ0n) is 16.1. The molecule has 0 N–H and O–H groups in total. The number of carbonyl (C=O) groups excluding carboxylic acids is 2. The molecule has 26 heavy (non-hydrogen) atoms. The summed E-state index contributed by atoms with van der Waals surface area (Å²) in [5.74, 6) is -2.13. The molecule has 1 atom stereocenters. The van der Waals surface area contributed by atoms with E-state index < -0.39 is 33.7 Å². The molecular formula is C17H29NaO7S. The van der Waals surface area contributed by atoms with Crippen molar-refractivity contribution in [2.75, 3.05) is 13.2 Å². The van der Waals surface area contributed by atoms with Gasteiger partial charge in [-0.2, -0.15) is 0 Å². The van der Waals surface area contributed by atoms with Crippen LogP contribution in [0.3, 0.4) is 0 Å². The molecule has 1 unspecified atom stereocenters. The van der Waals surface area contributed by atoms with E-state index in [4.69, 9.17) is 9.47 Å². The van der Waals surface area contributed by atoms with Crippen LogP contribution >= 0.6 is 0 Å². The van der Waals surface area contributed by atoms with Crippen LogP contribution in [0.2, 0.25) is 0 Å². The molecule has 0 spiro atoms. The number of esters is 2. The smallest absolute Gasteiger partial charge is 0.747 e. The van der Waals surface area contributed by atoms with E-state index >= 15 is 0 Å². The topological polar surface area (TPSA) is 110 Å². The first-order valence-corrected chi connectivity index (χ1v) is 10.2. The molecule has 0 aromatic heterocycles. The minimum absolute atomic E-state index is 0. The predicted octanol–water partition coefficient (Wildman–Crippen LogP) is -0.293. The van der Waals surface area contributed by atoms with Crippen molar-refractivity contribution in [3.05, 3.63) is 12.2 Å². The fourth-order valence-electron chi connectivity index (χ4n) is 2.08. The SMILES string of the molecule is C/C=C/COC(=O)CC(C(=O)OCCCCCCCCC)S(=O)(=O)[O-].[Na+]. The third-order valence-corrected chi connectivity index (χ3v) is 4.59. The number of ether oxygens (including phenoxy) is 2. The fourth-order valence-corrected chi connectivity index (χ4v) is 2.72. The van der Waals surface area contributed by atoms with Crippen LogP contribution in [0.4, 0.5) is 0 Å². The van der Waals surface area contributed by atoms with Crippen LogP contribution in [0.1, 0.15) is 65.2 Å². The van der Waals surface area contributed by atoms with Gasteiger partial charge in [0.2, 0.25) is 0 Å². The van der Waals surface area contributed by atoms with Crippen LogP contribution < -0.4 is 29.6 Å². The van der Waals surface area contributed by atoms with Crippen molar-refractivity contribution in [1.82, 2.24) is 0 Å². The molecule has 9 heteroatoms. The standard InChI is InChI=1S/C17H30O7S.Na/c1-3-5-7-8-9-10-11-13-24-17(19)15(25(20,21)22)14-16(18)23-12-6-4-2;/h4,6,15H,3,5,7-14H2,1-2H3,(H,20,21,22);/q;+1/p-1/b6-4+;. The molecule has 0 rings (SSSR count). The Morgan fingerprint density at radius 1 is 1.04 bits per heavy atom. The van der Waals surface area contributed by atoms with Crippen molar-refractivity contribution in [3.63, 3.8) is 0 Å². The Morgan fingerprint density at radius 3 is 2.15 bits per heavy atom. The summed E-state index contributed by atoms with van der Waals surface area (Å²) >= 11 is 0. The molecule has 0 saturated heterocycles. The zero-order chi connectivity index (χ0) is 19.1. The van der Waals surface area contributed by atoms with Gasteiger partial charge in [-0.15, -0.1) is 0 Å². The van der Waals surface area contributed by atoms with Crippen LogP contribution in [0.15, 0.2) is 12.2 Å². The quantitative estimate of drug-likeness (QED) is 0.130. The largest absolute Gasteiger partial charge is 1.00 e. The first kappa shape index (κ1) is 27.8. The van der Waals surface area contributed by atoms with Crippen molar-refractivity contribution < 1.29 is 61.6 Å². The molecule has 0 aromatic carbocycles. The second-order valence-electron chi connectivity index (χ2n) is 5.73. The van der Waals surface area contributed by atoms with Crippen molar-refractivity contribution in [2.24, 2.45) is 0 Å². The molecule has 146 valence electrons. The maximum atomic E-state index is 11.8. The minimum Gasteiger partial charge on any atom is -0.747 e. The van der Waals surface area contributed by atoms with Gasteiger partial charge in [-0.1, -0.05) is 57.6 Å². The van der Waals surface area contributed by atoms with Crippen molar-refractivity contribution in [1.29, 1.82) is 0 Å². The van der Waals surface area contributed by atoms with Crippen molar-refractivity contribution in [2.45, 2.75) is 70.5 Å². The summed E-state index contributed by atoms with van der Waals surface area (Å²) in [6.45, 7) is 3.84. The Morgan fingerprint density at radius 2 is 1.62 bits per heavy atom. The molecule has 0 radical (unpaired) electrons. The van der Waals surface area contributed by atoms with E-state index in [1.807, 2.05) is 0 Å². The molecule has 0 heterocycles. The Labute approximate surface area is 178 Å².